The van der Waals surface area contributed by atoms with Crippen LogP contribution in [-0.2, 0) is 16.6 Å². The van der Waals surface area contributed by atoms with E-state index in [1.54, 1.807) is 24.3 Å². The fraction of sp³-hybridized carbons (Fsp3) is 0.286. The molecule has 1 aliphatic carbocycles. The minimum absolute atomic E-state index is 0.358. The van der Waals surface area contributed by atoms with Gasteiger partial charge in [-0.15, -0.1) is 11.3 Å². The Morgan fingerprint density at radius 2 is 2.00 bits per heavy atom. The number of thiophene rings is 1. The molecule has 21 heavy (non-hydrogen) atoms. The molecule has 0 aliphatic heterocycles. The van der Waals surface area contributed by atoms with Gasteiger partial charge in [0.25, 0.3) is 10.0 Å². The molecule has 4 nitrogen and oxygen atoms in total. The molecule has 2 aromatic rings. The Morgan fingerprint density at radius 3 is 2.71 bits per heavy atom. The van der Waals surface area contributed by atoms with Crippen molar-refractivity contribution in [2.75, 3.05) is 4.72 Å². The highest BCUT2D eigenvalue weighted by molar-refractivity contribution is 9.10. The maximum absolute atomic E-state index is 12.5. The summed E-state index contributed by atoms with van der Waals surface area (Å²) in [6.45, 7) is 0.606. The number of para-hydroxylation sites is 1. The smallest absolute Gasteiger partial charge is 0.263 e. The Labute approximate surface area is 136 Å². The van der Waals surface area contributed by atoms with E-state index in [1.165, 1.54) is 24.2 Å². The first kappa shape index (κ1) is 15.0. The predicted molar refractivity (Wildman–Crippen MR) is 89.1 cm³/mol. The van der Waals surface area contributed by atoms with Gasteiger partial charge in [0, 0.05) is 21.9 Å². The van der Waals surface area contributed by atoms with Gasteiger partial charge in [0.1, 0.15) is 4.90 Å². The summed E-state index contributed by atoms with van der Waals surface area (Å²) >= 11 is 4.82. The van der Waals surface area contributed by atoms with Crippen LogP contribution in [-0.4, -0.2) is 14.5 Å². The van der Waals surface area contributed by atoms with Crippen LogP contribution in [0.2, 0.25) is 0 Å². The van der Waals surface area contributed by atoms with Crippen molar-refractivity contribution in [2.24, 2.45) is 0 Å². The highest BCUT2D eigenvalue weighted by atomic mass is 79.9. The maximum Gasteiger partial charge on any atom is 0.263 e. The van der Waals surface area contributed by atoms with E-state index in [4.69, 9.17) is 0 Å². The number of hydrogen-bond donors (Lipinski definition) is 2. The van der Waals surface area contributed by atoms with Crippen molar-refractivity contribution >= 4 is 43.0 Å². The van der Waals surface area contributed by atoms with E-state index >= 15 is 0 Å². The van der Waals surface area contributed by atoms with Crippen molar-refractivity contribution in [2.45, 2.75) is 30.3 Å². The van der Waals surface area contributed by atoms with Gasteiger partial charge in [0.15, 0.2) is 0 Å². The number of benzene rings is 1. The number of sulfonamides is 1. The summed E-state index contributed by atoms with van der Waals surface area (Å²) in [5, 5.41) is 5.17. The molecular weight excluding hydrogens is 372 g/mol. The van der Waals surface area contributed by atoms with Crippen molar-refractivity contribution in [3.63, 3.8) is 0 Å². The summed E-state index contributed by atoms with van der Waals surface area (Å²) in [6, 6.07) is 9.40. The van der Waals surface area contributed by atoms with Gasteiger partial charge >= 0.3 is 0 Å². The molecule has 7 heteroatoms. The van der Waals surface area contributed by atoms with Gasteiger partial charge in [-0.1, -0.05) is 12.1 Å². The predicted octanol–water partition coefficient (Wildman–Crippen LogP) is 3.56. The second kappa shape index (κ2) is 6.08. The van der Waals surface area contributed by atoms with Crippen molar-refractivity contribution in [1.29, 1.82) is 0 Å². The molecular formula is C14H15BrN2O2S2. The molecule has 1 aromatic heterocycles. The lowest BCUT2D eigenvalue weighted by Crippen LogP contribution is -2.19. The molecule has 0 atom stereocenters. The van der Waals surface area contributed by atoms with E-state index < -0.39 is 10.0 Å². The minimum atomic E-state index is -3.56. The molecule has 2 N–H and O–H groups in total. The first-order valence-electron chi connectivity index (χ1n) is 6.63. The molecule has 0 spiro atoms. The van der Waals surface area contributed by atoms with Crippen LogP contribution in [0.1, 0.15) is 17.7 Å². The lowest BCUT2D eigenvalue weighted by Gasteiger charge is -2.10. The van der Waals surface area contributed by atoms with E-state index in [1.807, 2.05) is 11.4 Å². The van der Waals surface area contributed by atoms with Crippen LogP contribution in [0.5, 0.6) is 0 Å². The lowest BCUT2D eigenvalue weighted by molar-refractivity contribution is 0.599. The molecule has 1 heterocycles. The third kappa shape index (κ3) is 3.66. The first-order chi connectivity index (χ1) is 10.1. The Hall–Kier alpha value is -0.890. The van der Waals surface area contributed by atoms with Gasteiger partial charge in [-0.2, -0.15) is 0 Å². The van der Waals surface area contributed by atoms with E-state index in [2.05, 4.69) is 26.0 Å². The molecule has 1 saturated carbocycles. The summed E-state index contributed by atoms with van der Waals surface area (Å²) in [7, 11) is -3.56. The molecule has 1 aromatic carbocycles. The van der Waals surface area contributed by atoms with Crippen molar-refractivity contribution in [1.82, 2.24) is 5.32 Å². The van der Waals surface area contributed by atoms with Crippen molar-refractivity contribution < 1.29 is 8.42 Å². The van der Waals surface area contributed by atoms with Crippen LogP contribution in [0.15, 0.2) is 45.1 Å². The zero-order valence-corrected chi connectivity index (χ0v) is 14.4. The summed E-state index contributed by atoms with van der Waals surface area (Å²) in [5.74, 6) is 0. The molecule has 0 amide bonds. The molecule has 0 unspecified atom stereocenters. The van der Waals surface area contributed by atoms with Gasteiger partial charge < -0.3 is 5.32 Å². The van der Waals surface area contributed by atoms with Crippen LogP contribution in [0, 0.1) is 0 Å². The van der Waals surface area contributed by atoms with E-state index in [0.29, 0.717) is 23.2 Å². The summed E-state index contributed by atoms with van der Waals surface area (Å²) in [4.78, 5) is 1.21. The topological polar surface area (TPSA) is 58.2 Å². The molecule has 0 bridgehead atoms. The number of halogens is 1. The monoisotopic (exact) mass is 386 g/mol. The fourth-order valence-corrected chi connectivity index (χ4v) is 4.96. The van der Waals surface area contributed by atoms with E-state index in [-0.39, 0.29) is 0 Å². The molecule has 3 rings (SSSR count). The number of anilines is 1. The van der Waals surface area contributed by atoms with Crippen molar-refractivity contribution in [3.05, 3.63) is 45.1 Å². The average molecular weight is 387 g/mol. The van der Waals surface area contributed by atoms with Gasteiger partial charge in [0.2, 0.25) is 0 Å². The first-order valence-corrected chi connectivity index (χ1v) is 9.79. The van der Waals surface area contributed by atoms with Gasteiger partial charge in [-0.3, -0.25) is 4.72 Å². The average Bonchev–Trinajstić information content (AvgIpc) is 3.15. The zero-order chi connectivity index (χ0) is 14.9. The number of hydrogen-bond acceptors (Lipinski definition) is 4. The standard InChI is InChI=1S/C14H15BrN2O2S2/c15-11-3-1-2-4-12(11)17-21(18,19)14-7-8-20-13(14)9-16-10-5-6-10/h1-4,7-8,10,16-17H,5-6,9H2. The SMILES string of the molecule is O=S(=O)(Nc1ccccc1Br)c1ccsc1CNC1CC1. The van der Waals surface area contributed by atoms with Crippen LogP contribution in [0.3, 0.4) is 0 Å². The molecule has 0 radical (unpaired) electrons. The normalized spacial score (nSPS) is 15.1. The lowest BCUT2D eigenvalue weighted by atomic mass is 10.3. The van der Waals surface area contributed by atoms with Crippen LogP contribution in [0.4, 0.5) is 5.69 Å². The maximum atomic E-state index is 12.5. The Balaban J connectivity index is 1.81. The summed E-state index contributed by atoms with van der Waals surface area (Å²) in [6.07, 6.45) is 2.37. The zero-order valence-electron chi connectivity index (χ0n) is 11.2. The highest BCUT2D eigenvalue weighted by Gasteiger charge is 2.24. The largest absolute Gasteiger partial charge is 0.309 e. The second-order valence-corrected chi connectivity index (χ2v) is 8.45. The van der Waals surface area contributed by atoms with Gasteiger partial charge in [0.05, 0.1) is 5.69 Å². The highest BCUT2D eigenvalue weighted by Crippen LogP contribution is 2.28. The Kier molecular flexibility index (Phi) is 4.35. The van der Waals surface area contributed by atoms with Crippen molar-refractivity contribution in [3.8, 4) is 0 Å². The third-order valence-electron chi connectivity index (χ3n) is 3.24. The quantitative estimate of drug-likeness (QED) is 0.797. The van der Waals surface area contributed by atoms with Crippen LogP contribution >= 0.6 is 27.3 Å². The molecule has 0 saturated heterocycles. The van der Waals surface area contributed by atoms with Crippen LogP contribution in [0.25, 0.3) is 0 Å². The van der Waals surface area contributed by atoms with Crippen LogP contribution < -0.4 is 10.0 Å². The number of rotatable bonds is 6. The third-order valence-corrected chi connectivity index (χ3v) is 6.43. The molecule has 1 fully saturated rings. The Morgan fingerprint density at radius 1 is 1.24 bits per heavy atom. The fourth-order valence-electron chi connectivity index (χ4n) is 1.97. The minimum Gasteiger partial charge on any atom is -0.309 e. The molecule has 1 aliphatic rings. The van der Waals surface area contributed by atoms with Gasteiger partial charge in [-0.25, -0.2) is 8.42 Å². The summed E-state index contributed by atoms with van der Waals surface area (Å²) < 4.78 is 28.4. The Bertz CT molecular complexity index is 739. The summed E-state index contributed by atoms with van der Waals surface area (Å²) in [5.41, 5.74) is 0.546. The van der Waals surface area contributed by atoms with E-state index in [9.17, 15) is 8.42 Å². The number of nitrogens with one attached hydrogen (secondary N) is 2. The van der Waals surface area contributed by atoms with E-state index in [0.717, 1.165) is 9.35 Å². The second-order valence-electron chi connectivity index (χ2n) is 4.95. The molecule has 112 valence electrons. The van der Waals surface area contributed by atoms with Gasteiger partial charge in [-0.05, 0) is 52.4 Å².